The number of aryl methyl sites for hydroxylation is 2. The first kappa shape index (κ1) is 16.8. The van der Waals surface area contributed by atoms with Crippen molar-refractivity contribution in [3.8, 4) is 11.8 Å². The predicted molar refractivity (Wildman–Crippen MR) is 96.7 cm³/mol. The molecule has 1 N–H and O–H groups in total. The number of hydrogen-bond donors (Lipinski definition) is 1. The molecule has 2 aromatic heterocycles. The van der Waals surface area contributed by atoms with Crippen molar-refractivity contribution in [1.29, 1.82) is 5.26 Å². The minimum absolute atomic E-state index is 0.0542. The number of anilines is 1. The van der Waals surface area contributed by atoms with Crippen molar-refractivity contribution in [2.45, 2.75) is 40.3 Å². The van der Waals surface area contributed by atoms with Crippen LogP contribution in [0, 0.1) is 25.2 Å². The number of rotatable bonds is 5. The first-order valence-electron chi connectivity index (χ1n) is 8.23. The molecule has 3 aromatic rings. The summed E-state index contributed by atoms with van der Waals surface area (Å²) in [5, 5.41) is 12.5. The highest BCUT2D eigenvalue weighted by atomic mass is 16.5. The van der Waals surface area contributed by atoms with E-state index in [1.807, 2.05) is 50.4 Å². The molecule has 3 rings (SSSR count). The molecule has 2 heterocycles. The van der Waals surface area contributed by atoms with E-state index < -0.39 is 0 Å². The van der Waals surface area contributed by atoms with Crippen molar-refractivity contribution < 1.29 is 4.74 Å². The summed E-state index contributed by atoms with van der Waals surface area (Å²) in [6, 6.07) is 9.55. The Morgan fingerprint density at radius 1 is 1.24 bits per heavy atom. The fourth-order valence-corrected chi connectivity index (χ4v) is 2.68. The van der Waals surface area contributed by atoms with Crippen molar-refractivity contribution in [2.75, 3.05) is 5.32 Å². The van der Waals surface area contributed by atoms with Crippen LogP contribution in [0.3, 0.4) is 0 Å². The molecule has 0 saturated carbocycles. The summed E-state index contributed by atoms with van der Waals surface area (Å²) in [7, 11) is 0. The van der Waals surface area contributed by atoms with E-state index in [0.29, 0.717) is 17.9 Å². The number of benzene rings is 1. The van der Waals surface area contributed by atoms with E-state index in [4.69, 9.17) is 10.00 Å². The van der Waals surface area contributed by atoms with Gasteiger partial charge in [-0.05, 0) is 52.0 Å². The van der Waals surface area contributed by atoms with Gasteiger partial charge in [0.25, 0.3) is 0 Å². The molecule has 0 radical (unpaired) electrons. The topological polar surface area (TPSA) is 75.2 Å². The van der Waals surface area contributed by atoms with Crippen LogP contribution in [0.2, 0.25) is 0 Å². The van der Waals surface area contributed by atoms with Gasteiger partial charge in [0.15, 0.2) is 0 Å². The molecule has 128 valence electrons. The largest absolute Gasteiger partial charge is 0.489 e. The van der Waals surface area contributed by atoms with Gasteiger partial charge >= 0.3 is 0 Å². The van der Waals surface area contributed by atoms with Crippen molar-refractivity contribution in [2.24, 2.45) is 0 Å². The minimum atomic E-state index is 0.0542. The van der Waals surface area contributed by atoms with Gasteiger partial charge in [0.2, 0.25) is 5.78 Å². The number of aromatic nitrogens is 3. The second-order valence-electron chi connectivity index (χ2n) is 6.28. The SMILES string of the molecule is Cc1cc(C)n2cc(CNc3cc(C#N)ccc3OC(C)C)nc2n1. The lowest BCUT2D eigenvalue weighted by Crippen LogP contribution is -2.09. The molecule has 0 amide bonds. The minimum Gasteiger partial charge on any atom is -0.489 e. The van der Waals surface area contributed by atoms with Crippen molar-refractivity contribution >= 4 is 11.5 Å². The first-order valence-corrected chi connectivity index (χ1v) is 8.23. The molecule has 0 unspecified atom stereocenters. The van der Waals surface area contributed by atoms with E-state index in [0.717, 1.165) is 28.5 Å². The highest BCUT2D eigenvalue weighted by molar-refractivity contribution is 5.60. The molecule has 25 heavy (non-hydrogen) atoms. The zero-order chi connectivity index (χ0) is 18.0. The molecule has 0 aliphatic rings. The van der Waals surface area contributed by atoms with Gasteiger partial charge in [-0.1, -0.05) is 0 Å². The Kier molecular flexibility index (Phi) is 4.57. The normalized spacial score (nSPS) is 10.9. The van der Waals surface area contributed by atoms with Gasteiger partial charge in [0.1, 0.15) is 5.75 Å². The van der Waals surface area contributed by atoms with Crippen LogP contribution in [-0.2, 0) is 6.54 Å². The average Bonchev–Trinajstić information content (AvgIpc) is 2.96. The van der Waals surface area contributed by atoms with Gasteiger partial charge < -0.3 is 10.1 Å². The number of nitriles is 1. The van der Waals surface area contributed by atoms with Crippen LogP contribution in [0.25, 0.3) is 5.78 Å². The van der Waals surface area contributed by atoms with Gasteiger partial charge in [-0.2, -0.15) is 5.26 Å². The molecule has 6 nitrogen and oxygen atoms in total. The summed E-state index contributed by atoms with van der Waals surface area (Å²) in [5.41, 5.74) is 4.28. The number of nitrogens with zero attached hydrogens (tertiary/aromatic N) is 4. The fourth-order valence-electron chi connectivity index (χ4n) is 2.68. The van der Waals surface area contributed by atoms with E-state index in [-0.39, 0.29) is 6.10 Å². The third-order valence-electron chi connectivity index (χ3n) is 3.74. The highest BCUT2D eigenvalue weighted by Crippen LogP contribution is 2.27. The number of nitrogens with one attached hydrogen (secondary N) is 1. The highest BCUT2D eigenvalue weighted by Gasteiger charge is 2.10. The Bertz CT molecular complexity index is 952. The Balaban J connectivity index is 1.86. The molecule has 0 atom stereocenters. The van der Waals surface area contributed by atoms with Crippen LogP contribution in [0.1, 0.15) is 36.5 Å². The van der Waals surface area contributed by atoms with Crippen molar-refractivity contribution in [3.05, 3.63) is 53.1 Å². The Labute approximate surface area is 147 Å². The van der Waals surface area contributed by atoms with Gasteiger partial charge in [0, 0.05) is 17.6 Å². The molecule has 0 aliphatic carbocycles. The van der Waals surface area contributed by atoms with Crippen LogP contribution in [-0.4, -0.2) is 20.5 Å². The summed E-state index contributed by atoms with van der Waals surface area (Å²) in [4.78, 5) is 9.02. The zero-order valence-corrected chi connectivity index (χ0v) is 14.9. The number of ether oxygens (including phenoxy) is 1. The second kappa shape index (κ2) is 6.81. The van der Waals surface area contributed by atoms with E-state index in [1.165, 1.54) is 0 Å². The fraction of sp³-hybridized carbons (Fsp3) is 0.316. The number of fused-ring (bicyclic) bond motifs is 1. The summed E-state index contributed by atoms with van der Waals surface area (Å²) in [6.07, 6.45) is 2.03. The van der Waals surface area contributed by atoms with Crippen LogP contribution in [0.4, 0.5) is 5.69 Å². The van der Waals surface area contributed by atoms with Crippen molar-refractivity contribution in [1.82, 2.24) is 14.4 Å². The molecule has 0 bridgehead atoms. The van der Waals surface area contributed by atoms with Crippen LogP contribution >= 0.6 is 0 Å². The smallest absolute Gasteiger partial charge is 0.234 e. The van der Waals surface area contributed by atoms with Gasteiger partial charge in [-0.15, -0.1) is 0 Å². The molecule has 1 aromatic carbocycles. The van der Waals surface area contributed by atoms with Crippen molar-refractivity contribution in [3.63, 3.8) is 0 Å². The predicted octanol–water partition coefficient (Wildman–Crippen LogP) is 3.62. The molecular formula is C19H21N5O. The Hall–Kier alpha value is -3.07. The molecule has 6 heteroatoms. The van der Waals surface area contributed by atoms with Gasteiger partial charge in [0.05, 0.1) is 35.7 Å². The Morgan fingerprint density at radius 3 is 2.76 bits per heavy atom. The molecule has 0 fully saturated rings. The summed E-state index contributed by atoms with van der Waals surface area (Å²) >= 11 is 0. The number of imidazole rings is 1. The third-order valence-corrected chi connectivity index (χ3v) is 3.74. The van der Waals surface area contributed by atoms with E-state index in [1.54, 1.807) is 12.1 Å². The van der Waals surface area contributed by atoms with Gasteiger partial charge in [-0.25, -0.2) is 9.97 Å². The lowest BCUT2D eigenvalue weighted by Gasteiger charge is -2.15. The molecule has 0 saturated heterocycles. The monoisotopic (exact) mass is 335 g/mol. The van der Waals surface area contributed by atoms with Crippen LogP contribution < -0.4 is 10.1 Å². The Morgan fingerprint density at radius 2 is 2.04 bits per heavy atom. The molecule has 0 aliphatic heterocycles. The maximum atomic E-state index is 9.13. The van der Waals surface area contributed by atoms with E-state index >= 15 is 0 Å². The second-order valence-corrected chi connectivity index (χ2v) is 6.28. The molecule has 0 spiro atoms. The average molecular weight is 335 g/mol. The summed E-state index contributed by atoms with van der Waals surface area (Å²) < 4.78 is 7.79. The molecular weight excluding hydrogens is 314 g/mol. The summed E-state index contributed by atoms with van der Waals surface area (Å²) in [6.45, 7) is 8.46. The van der Waals surface area contributed by atoms with E-state index in [9.17, 15) is 0 Å². The summed E-state index contributed by atoms with van der Waals surface area (Å²) in [5.74, 6) is 1.42. The zero-order valence-electron chi connectivity index (χ0n) is 14.9. The maximum absolute atomic E-state index is 9.13. The van der Waals surface area contributed by atoms with Gasteiger partial charge in [-0.3, -0.25) is 4.40 Å². The third kappa shape index (κ3) is 3.72. The van der Waals surface area contributed by atoms with Crippen LogP contribution in [0.5, 0.6) is 5.75 Å². The standard InChI is InChI=1S/C19H21N5O/c1-12(2)25-18-6-5-15(9-20)8-17(18)21-10-16-11-24-14(4)7-13(3)22-19(24)23-16/h5-8,11-12,21H,10H2,1-4H3. The first-order chi connectivity index (χ1) is 12.0. The maximum Gasteiger partial charge on any atom is 0.234 e. The lowest BCUT2D eigenvalue weighted by atomic mass is 10.2. The lowest BCUT2D eigenvalue weighted by molar-refractivity contribution is 0.243. The number of hydrogen-bond acceptors (Lipinski definition) is 5. The van der Waals surface area contributed by atoms with E-state index in [2.05, 4.69) is 21.4 Å². The quantitative estimate of drug-likeness (QED) is 0.771. The van der Waals surface area contributed by atoms with Crippen LogP contribution in [0.15, 0.2) is 30.5 Å².